The first-order chi connectivity index (χ1) is 10.1. The van der Waals surface area contributed by atoms with Crippen molar-refractivity contribution in [1.82, 2.24) is 10.3 Å². The number of thioether (sulfide) groups is 1. The van der Waals surface area contributed by atoms with Crippen LogP contribution in [-0.2, 0) is 0 Å². The summed E-state index contributed by atoms with van der Waals surface area (Å²) >= 11 is 12.3. The highest BCUT2D eigenvalue weighted by Gasteiger charge is 2.22. The highest BCUT2D eigenvalue weighted by Crippen LogP contribution is 2.30. The summed E-state index contributed by atoms with van der Waals surface area (Å²) in [6.45, 7) is 0. The molecule has 1 aromatic carbocycles. The Labute approximate surface area is 135 Å². The molecule has 0 atom stereocenters. The number of nitrogens with one attached hydrogen (secondary N) is 1. The molecule has 0 spiro atoms. The van der Waals surface area contributed by atoms with E-state index in [1.807, 2.05) is 24.3 Å². The number of halogens is 1. The lowest BCUT2D eigenvalue weighted by Crippen LogP contribution is -2.15. The van der Waals surface area contributed by atoms with E-state index >= 15 is 0 Å². The number of nitrogens with zero attached hydrogens (tertiary/aromatic N) is 1. The second kappa shape index (κ2) is 5.63. The number of benzene rings is 1. The molecule has 7 heteroatoms. The molecule has 1 saturated heterocycles. The highest BCUT2D eigenvalue weighted by atomic mass is 35.5. The minimum Gasteiger partial charge on any atom is -0.497 e. The van der Waals surface area contributed by atoms with Gasteiger partial charge in [-0.25, -0.2) is 4.98 Å². The van der Waals surface area contributed by atoms with Crippen molar-refractivity contribution < 1.29 is 9.53 Å². The molecule has 1 aliphatic rings. The lowest BCUT2D eigenvalue weighted by atomic mass is 10.1. The Bertz CT molecular complexity index is 805. The molecular formula is C14H9ClN2O2S2. The largest absolute Gasteiger partial charge is 0.497 e. The molecule has 21 heavy (non-hydrogen) atoms. The molecule has 1 fully saturated rings. The van der Waals surface area contributed by atoms with E-state index in [1.165, 1.54) is 0 Å². The summed E-state index contributed by atoms with van der Waals surface area (Å²) in [5.74, 6) is 0.743. The topological polar surface area (TPSA) is 51.2 Å². The number of hydrogen-bond acceptors (Lipinski definition) is 5. The van der Waals surface area contributed by atoms with Gasteiger partial charge in [0.2, 0.25) is 0 Å². The van der Waals surface area contributed by atoms with Crippen molar-refractivity contribution in [3.8, 4) is 5.75 Å². The van der Waals surface area contributed by atoms with Gasteiger partial charge in [0, 0.05) is 10.9 Å². The Balaban J connectivity index is 2.10. The Morgan fingerprint density at radius 3 is 2.90 bits per heavy atom. The van der Waals surface area contributed by atoms with Gasteiger partial charge in [0.05, 0.1) is 17.5 Å². The molecule has 0 unspecified atom stereocenters. The summed E-state index contributed by atoms with van der Waals surface area (Å²) in [4.78, 5) is 16.7. The normalized spacial score (nSPS) is 16.6. The number of carbonyl (C=O) groups excluding carboxylic acids is 1. The zero-order valence-corrected chi connectivity index (χ0v) is 13.2. The van der Waals surface area contributed by atoms with Crippen molar-refractivity contribution in [2.45, 2.75) is 0 Å². The smallest absolute Gasteiger partial charge is 0.289 e. The molecule has 1 amide bonds. The summed E-state index contributed by atoms with van der Waals surface area (Å²) in [5, 5.41) is 3.65. The number of methoxy groups -OCH3 is 1. The number of fused-ring (bicyclic) bond motifs is 1. The van der Waals surface area contributed by atoms with E-state index in [-0.39, 0.29) is 5.24 Å². The number of aromatic nitrogens is 1. The molecule has 2 aromatic rings. The molecule has 2 heterocycles. The highest BCUT2D eigenvalue weighted by molar-refractivity contribution is 8.19. The van der Waals surface area contributed by atoms with Crippen LogP contribution in [0.5, 0.6) is 5.75 Å². The van der Waals surface area contributed by atoms with Gasteiger partial charge in [-0.3, -0.25) is 4.79 Å². The Kier molecular flexibility index (Phi) is 3.84. The SMILES string of the molecule is COc1ccc2nc(Cl)c(C=C3SC(=O)NC3=S)cc2c1. The fourth-order valence-corrected chi connectivity index (χ4v) is 3.16. The van der Waals surface area contributed by atoms with E-state index in [9.17, 15) is 4.79 Å². The van der Waals surface area contributed by atoms with Gasteiger partial charge in [0.15, 0.2) is 0 Å². The van der Waals surface area contributed by atoms with Gasteiger partial charge >= 0.3 is 0 Å². The minimum absolute atomic E-state index is 0.183. The third kappa shape index (κ3) is 2.88. The van der Waals surface area contributed by atoms with Crippen molar-refractivity contribution in [2.75, 3.05) is 7.11 Å². The van der Waals surface area contributed by atoms with E-state index < -0.39 is 0 Å². The van der Waals surface area contributed by atoms with Crippen molar-refractivity contribution >= 4 is 62.8 Å². The summed E-state index contributed by atoms with van der Waals surface area (Å²) in [5.41, 5.74) is 1.48. The van der Waals surface area contributed by atoms with Gasteiger partial charge in [-0.05, 0) is 42.1 Å². The zero-order valence-electron chi connectivity index (χ0n) is 10.8. The van der Waals surface area contributed by atoms with Gasteiger partial charge in [0.25, 0.3) is 5.24 Å². The lowest BCUT2D eigenvalue weighted by molar-refractivity contribution is 0.265. The summed E-state index contributed by atoms with van der Waals surface area (Å²) < 4.78 is 5.20. The third-order valence-electron chi connectivity index (χ3n) is 2.93. The van der Waals surface area contributed by atoms with Gasteiger partial charge in [-0.15, -0.1) is 0 Å². The first-order valence-electron chi connectivity index (χ1n) is 5.96. The summed E-state index contributed by atoms with van der Waals surface area (Å²) in [6.07, 6.45) is 1.76. The first kappa shape index (κ1) is 14.3. The van der Waals surface area contributed by atoms with Crippen LogP contribution in [0.3, 0.4) is 0 Å². The standard InChI is InChI=1S/C14H9ClN2O2S2/c1-19-9-2-3-10-7(5-9)4-8(12(15)16-10)6-11-13(20)17-14(18)21-11/h2-6H,1H3,(H,17,18,20). The Morgan fingerprint density at radius 1 is 1.43 bits per heavy atom. The molecule has 0 aliphatic carbocycles. The molecule has 1 aliphatic heterocycles. The quantitative estimate of drug-likeness (QED) is 0.510. The minimum atomic E-state index is -0.183. The van der Waals surface area contributed by atoms with Crippen molar-refractivity contribution in [1.29, 1.82) is 0 Å². The van der Waals surface area contributed by atoms with E-state index in [0.717, 1.165) is 28.4 Å². The predicted molar refractivity (Wildman–Crippen MR) is 90.0 cm³/mol. The number of amides is 1. The predicted octanol–water partition coefficient (Wildman–Crippen LogP) is 4.02. The maximum absolute atomic E-state index is 11.3. The molecule has 1 aromatic heterocycles. The van der Waals surface area contributed by atoms with Crippen LogP contribution in [0.2, 0.25) is 5.15 Å². The Morgan fingerprint density at radius 2 is 2.24 bits per heavy atom. The van der Waals surface area contributed by atoms with Gasteiger partial charge in [-0.2, -0.15) is 0 Å². The van der Waals surface area contributed by atoms with E-state index in [4.69, 9.17) is 28.6 Å². The van der Waals surface area contributed by atoms with Crippen LogP contribution in [-0.4, -0.2) is 22.3 Å². The molecule has 1 N–H and O–H groups in total. The van der Waals surface area contributed by atoms with E-state index in [2.05, 4.69) is 10.3 Å². The number of hydrogen-bond donors (Lipinski definition) is 1. The van der Waals surface area contributed by atoms with Crippen LogP contribution < -0.4 is 10.1 Å². The molecule has 0 saturated carbocycles. The maximum atomic E-state index is 11.3. The zero-order chi connectivity index (χ0) is 15.0. The second-order valence-corrected chi connectivity index (χ2v) is 6.06. The number of rotatable bonds is 2. The average molecular weight is 337 g/mol. The van der Waals surface area contributed by atoms with Crippen LogP contribution in [0.25, 0.3) is 17.0 Å². The monoisotopic (exact) mass is 336 g/mol. The number of pyridine rings is 1. The van der Waals surface area contributed by atoms with Gasteiger partial charge in [-0.1, -0.05) is 23.8 Å². The Hall–Kier alpha value is -1.63. The molecule has 0 radical (unpaired) electrons. The lowest BCUT2D eigenvalue weighted by Gasteiger charge is -2.05. The molecule has 3 rings (SSSR count). The van der Waals surface area contributed by atoms with Gasteiger partial charge in [0.1, 0.15) is 15.9 Å². The second-order valence-electron chi connectivity index (χ2n) is 4.28. The molecule has 4 nitrogen and oxygen atoms in total. The van der Waals surface area contributed by atoms with Crippen LogP contribution in [0.15, 0.2) is 29.2 Å². The third-order valence-corrected chi connectivity index (χ3v) is 4.51. The molecular weight excluding hydrogens is 328 g/mol. The van der Waals surface area contributed by atoms with Crippen LogP contribution >= 0.6 is 35.6 Å². The van der Waals surface area contributed by atoms with Crippen LogP contribution in [0.1, 0.15) is 5.56 Å². The number of ether oxygens (including phenoxy) is 1. The fraction of sp³-hybridized carbons (Fsp3) is 0.0714. The van der Waals surface area contributed by atoms with Crippen LogP contribution in [0.4, 0.5) is 4.79 Å². The molecule has 106 valence electrons. The average Bonchev–Trinajstić information content (AvgIpc) is 2.77. The van der Waals surface area contributed by atoms with Crippen molar-refractivity contribution in [3.63, 3.8) is 0 Å². The van der Waals surface area contributed by atoms with Crippen molar-refractivity contribution in [2.24, 2.45) is 0 Å². The van der Waals surface area contributed by atoms with E-state index in [0.29, 0.717) is 20.6 Å². The fourth-order valence-electron chi connectivity index (χ4n) is 1.94. The van der Waals surface area contributed by atoms with Gasteiger partial charge < -0.3 is 10.1 Å². The number of thiocarbonyl (C=S) groups is 1. The summed E-state index contributed by atoms with van der Waals surface area (Å²) in [7, 11) is 1.61. The van der Waals surface area contributed by atoms with Crippen molar-refractivity contribution in [3.05, 3.63) is 39.9 Å². The number of carbonyl (C=O) groups is 1. The van der Waals surface area contributed by atoms with Crippen LogP contribution in [0, 0.1) is 0 Å². The molecule has 0 bridgehead atoms. The van der Waals surface area contributed by atoms with E-state index in [1.54, 1.807) is 13.2 Å². The first-order valence-corrected chi connectivity index (χ1v) is 7.56. The maximum Gasteiger partial charge on any atom is 0.289 e. The summed E-state index contributed by atoms with van der Waals surface area (Å²) in [6, 6.07) is 7.45.